The molecule has 0 saturated carbocycles. The third-order valence-corrected chi connectivity index (χ3v) is 2.78. The molecule has 0 aliphatic rings. The van der Waals surface area contributed by atoms with E-state index >= 15 is 0 Å². The van der Waals surface area contributed by atoms with Crippen LogP contribution in [0.15, 0.2) is 24.3 Å². The normalized spacial score (nSPS) is 11.2. The molecule has 0 fully saturated rings. The molecule has 0 spiro atoms. The van der Waals surface area contributed by atoms with Crippen molar-refractivity contribution in [3.63, 3.8) is 0 Å². The van der Waals surface area contributed by atoms with E-state index in [0.717, 1.165) is 31.9 Å². The largest absolute Gasteiger partial charge is 0.492 e. The van der Waals surface area contributed by atoms with Gasteiger partial charge in [-0.2, -0.15) is 0 Å². The number of likely N-dealkylation sites (N-methyl/N-ethyl adjacent to an activating group) is 1. The van der Waals surface area contributed by atoms with Gasteiger partial charge in [-0.15, -0.1) is 0 Å². The van der Waals surface area contributed by atoms with E-state index in [4.69, 9.17) is 4.74 Å². The summed E-state index contributed by atoms with van der Waals surface area (Å²) in [5.74, 6) is 0.985. The fourth-order valence-corrected chi connectivity index (χ4v) is 1.74. The predicted molar refractivity (Wildman–Crippen MR) is 77.4 cm³/mol. The second-order valence-electron chi connectivity index (χ2n) is 5.21. The first kappa shape index (κ1) is 15.0. The molecule has 1 rings (SSSR count). The molecule has 0 N–H and O–H groups in total. The average molecular weight is 250 g/mol. The molecule has 3 heteroatoms. The molecule has 0 aromatic heterocycles. The van der Waals surface area contributed by atoms with E-state index < -0.39 is 0 Å². The third kappa shape index (κ3) is 6.62. The summed E-state index contributed by atoms with van der Waals surface area (Å²) in [6.07, 6.45) is 2.30. The maximum Gasteiger partial charge on any atom is 0.119 e. The lowest BCUT2D eigenvalue weighted by atomic mass is 10.1. The Bertz CT molecular complexity index is 308. The molecule has 0 heterocycles. The quantitative estimate of drug-likeness (QED) is 0.703. The highest BCUT2D eigenvalue weighted by atomic mass is 16.5. The van der Waals surface area contributed by atoms with E-state index in [1.807, 2.05) is 6.07 Å². The molecule has 0 amide bonds. The van der Waals surface area contributed by atoms with Crippen molar-refractivity contribution in [1.82, 2.24) is 9.80 Å². The van der Waals surface area contributed by atoms with Gasteiger partial charge in [0.2, 0.25) is 0 Å². The molecule has 1 aromatic rings. The molecular formula is C15H26N2O. The molecule has 0 saturated heterocycles. The smallest absolute Gasteiger partial charge is 0.119 e. The number of hydrogen-bond donors (Lipinski definition) is 0. The minimum absolute atomic E-state index is 0.744. The van der Waals surface area contributed by atoms with Crippen LogP contribution in [0, 0.1) is 0 Å². The van der Waals surface area contributed by atoms with Gasteiger partial charge in [-0.3, -0.25) is 0 Å². The van der Waals surface area contributed by atoms with Crippen LogP contribution in [0.4, 0.5) is 0 Å². The number of ether oxygens (including phenoxy) is 1. The van der Waals surface area contributed by atoms with Crippen LogP contribution in [0.25, 0.3) is 0 Å². The molecule has 102 valence electrons. The zero-order chi connectivity index (χ0) is 13.4. The van der Waals surface area contributed by atoms with Crippen LogP contribution in [0.5, 0.6) is 5.75 Å². The topological polar surface area (TPSA) is 15.7 Å². The van der Waals surface area contributed by atoms with Crippen LogP contribution in [0.1, 0.15) is 12.0 Å². The summed E-state index contributed by atoms with van der Waals surface area (Å²) < 4.78 is 5.73. The van der Waals surface area contributed by atoms with Crippen molar-refractivity contribution in [2.45, 2.75) is 12.8 Å². The summed E-state index contributed by atoms with van der Waals surface area (Å²) in [6, 6.07) is 8.45. The summed E-state index contributed by atoms with van der Waals surface area (Å²) in [6.45, 7) is 2.82. The van der Waals surface area contributed by atoms with Crippen LogP contribution >= 0.6 is 0 Å². The van der Waals surface area contributed by atoms with Gasteiger partial charge in [0.1, 0.15) is 12.4 Å². The van der Waals surface area contributed by atoms with E-state index in [1.165, 1.54) is 12.0 Å². The summed E-state index contributed by atoms with van der Waals surface area (Å²) >= 11 is 0. The Hall–Kier alpha value is -1.06. The van der Waals surface area contributed by atoms with Crippen molar-refractivity contribution in [2.24, 2.45) is 0 Å². The standard InChI is InChI=1S/C15H26N2O/c1-16(2)10-6-8-14-7-5-9-15(13-14)18-12-11-17(3)4/h5,7,9,13H,6,8,10-12H2,1-4H3. The van der Waals surface area contributed by atoms with E-state index in [9.17, 15) is 0 Å². The highest BCUT2D eigenvalue weighted by Crippen LogP contribution is 2.14. The molecule has 0 aliphatic carbocycles. The van der Waals surface area contributed by atoms with Gasteiger partial charge >= 0.3 is 0 Å². The van der Waals surface area contributed by atoms with E-state index in [1.54, 1.807) is 0 Å². The van der Waals surface area contributed by atoms with Gasteiger partial charge < -0.3 is 14.5 Å². The van der Waals surface area contributed by atoms with Crippen LogP contribution in [0.3, 0.4) is 0 Å². The first-order valence-corrected chi connectivity index (χ1v) is 6.59. The maximum absolute atomic E-state index is 5.73. The summed E-state index contributed by atoms with van der Waals surface area (Å²) in [7, 11) is 8.34. The average Bonchev–Trinajstić information content (AvgIpc) is 2.28. The minimum atomic E-state index is 0.744. The van der Waals surface area contributed by atoms with Gasteiger partial charge in [0.15, 0.2) is 0 Å². The van der Waals surface area contributed by atoms with Crippen molar-refractivity contribution in [3.8, 4) is 5.75 Å². The van der Waals surface area contributed by atoms with Crippen molar-refractivity contribution in [1.29, 1.82) is 0 Å². The molecule has 0 aliphatic heterocycles. The Labute approximate surface area is 111 Å². The SMILES string of the molecule is CN(C)CCCc1cccc(OCCN(C)C)c1. The Morgan fingerprint density at radius 2 is 1.72 bits per heavy atom. The fraction of sp³-hybridized carbons (Fsp3) is 0.600. The van der Waals surface area contributed by atoms with Gasteiger partial charge in [0, 0.05) is 6.54 Å². The molecule has 0 atom stereocenters. The second-order valence-corrected chi connectivity index (χ2v) is 5.21. The van der Waals surface area contributed by atoms with E-state index in [2.05, 4.69) is 56.2 Å². The van der Waals surface area contributed by atoms with Gasteiger partial charge in [0.05, 0.1) is 0 Å². The molecule has 0 unspecified atom stereocenters. The number of benzene rings is 1. The van der Waals surface area contributed by atoms with Gasteiger partial charge in [-0.05, 0) is 65.3 Å². The first-order valence-electron chi connectivity index (χ1n) is 6.59. The van der Waals surface area contributed by atoms with Crippen LogP contribution in [-0.2, 0) is 6.42 Å². The van der Waals surface area contributed by atoms with E-state index in [0.29, 0.717) is 0 Å². The first-order chi connectivity index (χ1) is 8.58. The number of rotatable bonds is 8. The second kappa shape index (κ2) is 8.11. The molecular weight excluding hydrogens is 224 g/mol. The highest BCUT2D eigenvalue weighted by molar-refractivity contribution is 5.28. The van der Waals surface area contributed by atoms with Gasteiger partial charge in [-0.1, -0.05) is 12.1 Å². The minimum Gasteiger partial charge on any atom is -0.492 e. The van der Waals surface area contributed by atoms with Crippen molar-refractivity contribution in [2.75, 3.05) is 47.9 Å². The molecule has 18 heavy (non-hydrogen) atoms. The predicted octanol–water partition coefficient (Wildman–Crippen LogP) is 2.12. The Morgan fingerprint density at radius 3 is 2.39 bits per heavy atom. The highest BCUT2D eigenvalue weighted by Gasteiger charge is 1.99. The zero-order valence-corrected chi connectivity index (χ0v) is 12.1. The number of aryl methyl sites for hydroxylation is 1. The van der Waals surface area contributed by atoms with Crippen molar-refractivity contribution in [3.05, 3.63) is 29.8 Å². The lowest BCUT2D eigenvalue weighted by Gasteiger charge is -2.12. The fourth-order valence-electron chi connectivity index (χ4n) is 1.74. The maximum atomic E-state index is 5.73. The Morgan fingerprint density at radius 1 is 1.00 bits per heavy atom. The molecule has 0 radical (unpaired) electrons. The summed E-state index contributed by atoms with van der Waals surface area (Å²) in [5, 5.41) is 0. The van der Waals surface area contributed by atoms with Crippen molar-refractivity contribution >= 4 is 0 Å². The van der Waals surface area contributed by atoms with Crippen LogP contribution < -0.4 is 4.74 Å². The molecule has 3 nitrogen and oxygen atoms in total. The summed E-state index contributed by atoms with van der Waals surface area (Å²) in [5.41, 5.74) is 1.36. The number of nitrogens with zero attached hydrogens (tertiary/aromatic N) is 2. The van der Waals surface area contributed by atoms with Crippen LogP contribution in [-0.4, -0.2) is 57.7 Å². The Kier molecular flexibility index (Phi) is 6.76. The van der Waals surface area contributed by atoms with E-state index in [-0.39, 0.29) is 0 Å². The molecule has 1 aromatic carbocycles. The molecule has 0 bridgehead atoms. The Balaban J connectivity index is 2.36. The van der Waals surface area contributed by atoms with Crippen LogP contribution in [0.2, 0.25) is 0 Å². The zero-order valence-electron chi connectivity index (χ0n) is 12.1. The van der Waals surface area contributed by atoms with Gasteiger partial charge in [0.25, 0.3) is 0 Å². The monoisotopic (exact) mass is 250 g/mol. The van der Waals surface area contributed by atoms with Gasteiger partial charge in [-0.25, -0.2) is 0 Å². The lowest BCUT2D eigenvalue weighted by Crippen LogP contribution is -2.19. The lowest BCUT2D eigenvalue weighted by molar-refractivity contribution is 0.261. The number of hydrogen-bond acceptors (Lipinski definition) is 3. The third-order valence-electron chi connectivity index (χ3n) is 2.78. The van der Waals surface area contributed by atoms with Crippen molar-refractivity contribution < 1.29 is 4.74 Å². The summed E-state index contributed by atoms with van der Waals surface area (Å²) in [4.78, 5) is 4.35.